The number of carbonyl (C=O) groups is 3. The van der Waals surface area contributed by atoms with Crippen molar-refractivity contribution in [3.05, 3.63) is 59.7 Å². The molecule has 3 amide bonds. The summed E-state index contributed by atoms with van der Waals surface area (Å²) in [5.74, 6) is -0.250. The van der Waals surface area contributed by atoms with E-state index >= 15 is 0 Å². The third kappa shape index (κ3) is 3.79. The van der Waals surface area contributed by atoms with E-state index in [1.165, 1.54) is 12.3 Å². The topological polar surface area (TPSA) is 105 Å². The number of nitrogens with one attached hydrogen (secondary N) is 1. The lowest BCUT2D eigenvalue weighted by Gasteiger charge is -2.12. The third-order valence-corrected chi connectivity index (χ3v) is 4.91. The van der Waals surface area contributed by atoms with Crippen LogP contribution in [0.25, 0.3) is 17.1 Å². The fraction of sp³-hybridized carbons (Fsp3) is 0.105. The molecule has 1 N–H and O–H groups in total. The molecule has 0 saturated carbocycles. The molecule has 9 heteroatoms. The lowest BCUT2D eigenvalue weighted by molar-refractivity contribution is -0.123. The molecule has 140 valence electrons. The summed E-state index contributed by atoms with van der Waals surface area (Å²) in [6.07, 6.45) is 6.16. The molecule has 0 unspecified atom stereocenters. The number of nitrogens with zero attached hydrogens (tertiary/aromatic N) is 3. The number of rotatable bonds is 5. The molecular formula is C19H14N4O4S. The van der Waals surface area contributed by atoms with Crippen molar-refractivity contribution in [1.29, 1.82) is 0 Å². The number of amides is 3. The van der Waals surface area contributed by atoms with Gasteiger partial charge in [0.15, 0.2) is 0 Å². The molecule has 8 nitrogen and oxygen atoms in total. The van der Waals surface area contributed by atoms with Gasteiger partial charge >= 0.3 is 0 Å². The minimum Gasteiger partial charge on any atom is -0.465 e. The minimum absolute atomic E-state index is 0.000614. The Morgan fingerprint density at radius 2 is 2.00 bits per heavy atom. The molecule has 3 heterocycles. The van der Waals surface area contributed by atoms with Crippen molar-refractivity contribution in [2.45, 2.75) is 6.42 Å². The van der Waals surface area contributed by atoms with Crippen LogP contribution in [0.4, 0.5) is 10.5 Å². The van der Waals surface area contributed by atoms with E-state index in [4.69, 9.17) is 4.42 Å². The highest BCUT2D eigenvalue weighted by Crippen LogP contribution is 2.32. The maximum atomic E-state index is 12.4. The van der Waals surface area contributed by atoms with Gasteiger partial charge in [0.1, 0.15) is 5.76 Å². The lowest BCUT2D eigenvalue weighted by atomic mass is 10.2. The van der Waals surface area contributed by atoms with E-state index in [0.29, 0.717) is 17.0 Å². The van der Waals surface area contributed by atoms with E-state index in [9.17, 15) is 14.4 Å². The van der Waals surface area contributed by atoms with Crippen LogP contribution in [-0.4, -0.2) is 38.5 Å². The molecule has 2 aromatic heterocycles. The molecular weight excluding hydrogens is 380 g/mol. The standard InChI is InChI=1S/C19H14N4O4S/c24-17(22-12-3-4-14-15(10-12)21-7-6-20-14)5-8-23-18(25)16(28-19(23)26)11-13-2-1-9-27-13/h1-4,6-7,9-11H,5,8H2,(H,22,24). The zero-order valence-corrected chi connectivity index (χ0v) is 15.3. The Kier molecular flexibility index (Phi) is 4.90. The summed E-state index contributed by atoms with van der Waals surface area (Å²) < 4.78 is 5.16. The average Bonchev–Trinajstić information content (AvgIpc) is 3.29. The molecule has 1 aliphatic heterocycles. The number of furan rings is 1. The second-order valence-corrected chi connectivity index (χ2v) is 6.90. The van der Waals surface area contributed by atoms with Crippen LogP contribution in [0, 0.1) is 0 Å². The lowest BCUT2D eigenvalue weighted by Crippen LogP contribution is -2.31. The predicted octanol–water partition coefficient (Wildman–Crippen LogP) is 3.29. The van der Waals surface area contributed by atoms with Crippen molar-refractivity contribution >= 4 is 51.6 Å². The molecule has 0 spiro atoms. The Balaban J connectivity index is 1.37. The van der Waals surface area contributed by atoms with Gasteiger partial charge in [0.05, 0.1) is 22.2 Å². The van der Waals surface area contributed by atoms with Crippen molar-refractivity contribution in [1.82, 2.24) is 14.9 Å². The summed E-state index contributed by atoms with van der Waals surface area (Å²) in [4.78, 5) is 46.4. The van der Waals surface area contributed by atoms with Gasteiger partial charge in [-0.15, -0.1) is 0 Å². The molecule has 3 aromatic rings. The Morgan fingerprint density at radius 1 is 1.18 bits per heavy atom. The number of aromatic nitrogens is 2. The average molecular weight is 394 g/mol. The largest absolute Gasteiger partial charge is 0.465 e. The van der Waals surface area contributed by atoms with Gasteiger partial charge in [0.25, 0.3) is 11.1 Å². The highest BCUT2D eigenvalue weighted by atomic mass is 32.2. The predicted molar refractivity (Wildman–Crippen MR) is 104 cm³/mol. The van der Waals surface area contributed by atoms with Gasteiger partial charge in [0.2, 0.25) is 5.91 Å². The smallest absolute Gasteiger partial charge is 0.293 e. The fourth-order valence-corrected chi connectivity index (χ4v) is 3.52. The second-order valence-electron chi connectivity index (χ2n) is 5.91. The molecule has 1 fully saturated rings. The molecule has 4 rings (SSSR count). The SMILES string of the molecule is O=C(CCN1C(=O)SC(=Cc2ccco2)C1=O)Nc1ccc2nccnc2c1. The summed E-state index contributed by atoms with van der Waals surface area (Å²) in [6, 6.07) is 8.58. The van der Waals surface area contributed by atoms with Crippen molar-refractivity contribution < 1.29 is 18.8 Å². The Hall–Kier alpha value is -3.46. The number of hydrogen-bond acceptors (Lipinski definition) is 7. The molecule has 0 bridgehead atoms. The number of benzene rings is 1. The first-order valence-electron chi connectivity index (χ1n) is 8.40. The Bertz CT molecular complexity index is 1090. The molecule has 0 aliphatic carbocycles. The van der Waals surface area contributed by atoms with Gasteiger partial charge in [-0.05, 0) is 42.1 Å². The van der Waals surface area contributed by atoms with Crippen LogP contribution in [0.15, 0.2) is 58.3 Å². The van der Waals surface area contributed by atoms with Crippen molar-refractivity contribution in [3.63, 3.8) is 0 Å². The molecule has 28 heavy (non-hydrogen) atoms. The van der Waals surface area contributed by atoms with E-state index in [1.54, 1.807) is 42.7 Å². The monoisotopic (exact) mass is 394 g/mol. The normalized spacial score (nSPS) is 15.6. The van der Waals surface area contributed by atoms with Gasteiger partial charge in [-0.3, -0.25) is 29.3 Å². The number of anilines is 1. The highest BCUT2D eigenvalue weighted by molar-refractivity contribution is 8.18. The zero-order valence-electron chi connectivity index (χ0n) is 14.5. The first kappa shape index (κ1) is 17.9. The number of fused-ring (bicyclic) bond motifs is 1. The van der Waals surface area contributed by atoms with Gasteiger partial charge in [-0.2, -0.15) is 0 Å². The van der Waals surface area contributed by atoms with Crippen LogP contribution in [0.1, 0.15) is 12.2 Å². The van der Waals surface area contributed by atoms with Crippen LogP contribution in [-0.2, 0) is 9.59 Å². The summed E-state index contributed by atoms with van der Waals surface area (Å²) in [7, 11) is 0. The third-order valence-electron chi connectivity index (χ3n) is 4.01. The van der Waals surface area contributed by atoms with E-state index in [0.717, 1.165) is 22.2 Å². The van der Waals surface area contributed by atoms with Gasteiger partial charge in [0, 0.05) is 37.1 Å². The van der Waals surface area contributed by atoms with E-state index in [1.807, 2.05) is 0 Å². The molecule has 1 aromatic carbocycles. The van der Waals surface area contributed by atoms with Gasteiger partial charge in [-0.25, -0.2) is 0 Å². The molecule has 1 aliphatic rings. The summed E-state index contributed by atoms with van der Waals surface area (Å²) >= 11 is 0.829. The second kappa shape index (κ2) is 7.65. The van der Waals surface area contributed by atoms with Crippen LogP contribution >= 0.6 is 11.8 Å². The summed E-state index contributed by atoms with van der Waals surface area (Å²) in [5, 5.41) is 2.34. The van der Waals surface area contributed by atoms with E-state index < -0.39 is 11.1 Å². The van der Waals surface area contributed by atoms with Crippen LogP contribution in [0.3, 0.4) is 0 Å². The summed E-state index contributed by atoms with van der Waals surface area (Å²) in [6.45, 7) is -0.000614. The number of hydrogen-bond donors (Lipinski definition) is 1. The molecule has 0 atom stereocenters. The molecule has 1 saturated heterocycles. The number of carbonyl (C=O) groups excluding carboxylic acids is 3. The Morgan fingerprint density at radius 3 is 2.79 bits per heavy atom. The zero-order chi connectivity index (χ0) is 19.5. The van der Waals surface area contributed by atoms with Crippen molar-refractivity contribution in [3.8, 4) is 0 Å². The minimum atomic E-state index is -0.430. The number of imide groups is 1. The van der Waals surface area contributed by atoms with Crippen LogP contribution in [0.2, 0.25) is 0 Å². The van der Waals surface area contributed by atoms with Crippen molar-refractivity contribution in [2.24, 2.45) is 0 Å². The summed E-state index contributed by atoms with van der Waals surface area (Å²) in [5.41, 5.74) is 1.96. The van der Waals surface area contributed by atoms with E-state index in [-0.39, 0.29) is 23.8 Å². The fourth-order valence-electron chi connectivity index (χ4n) is 2.67. The highest BCUT2D eigenvalue weighted by Gasteiger charge is 2.35. The Labute approximate surface area is 163 Å². The van der Waals surface area contributed by atoms with Crippen LogP contribution in [0.5, 0.6) is 0 Å². The van der Waals surface area contributed by atoms with E-state index in [2.05, 4.69) is 15.3 Å². The first-order valence-corrected chi connectivity index (χ1v) is 9.21. The quantitative estimate of drug-likeness (QED) is 0.662. The first-order chi connectivity index (χ1) is 13.6. The van der Waals surface area contributed by atoms with Gasteiger partial charge in [-0.1, -0.05) is 0 Å². The molecule has 0 radical (unpaired) electrons. The van der Waals surface area contributed by atoms with Crippen LogP contribution < -0.4 is 5.32 Å². The van der Waals surface area contributed by atoms with Crippen molar-refractivity contribution in [2.75, 3.05) is 11.9 Å². The maximum absolute atomic E-state index is 12.4. The van der Waals surface area contributed by atoms with Gasteiger partial charge < -0.3 is 9.73 Å². The maximum Gasteiger partial charge on any atom is 0.293 e. The number of thioether (sulfide) groups is 1.